The summed E-state index contributed by atoms with van der Waals surface area (Å²) in [5.74, 6) is 0.857. The summed E-state index contributed by atoms with van der Waals surface area (Å²) in [6.07, 6.45) is 2.00. The van der Waals surface area contributed by atoms with E-state index in [0.29, 0.717) is 23.8 Å². The molecule has 0 unspecified atom stereocenters. The van der Waals surface area contributed by atoms with Crippen molar-refractivity contribution in [1.82, 2.24) is 15.1 Å². The molecule has 5 heteroatoms. The van der Waals surface area contributed by atoms with Crippen molar-refractivity contribution in [1.29, 1.82) is 5.26 Å². The van der Waals surface area contributed by atoms with Crippen LogP contribution in [0.1, 0.15) is 11.1 Å². The van der Waals surface area contributed by atoms with Crippen LogP contribution in [-0.2, 0) is 6.42 Å². The summed E-state index contributed by atoms with van der Waals surface area (Å²) in [7, 11) is 0. The van der Waals surface area contributed by atoms with Crippen LogP contribution in [0, 0.1) is 18.3 Å². The molecule has 0 aliphatic carbocycles. The highest BCUT2D eigenvalue weighted by atomic mass is 16.5. The normalized spacial score (nSPS) is 10.3. The number of pyridine rings is 1. The average Bonchev–Trinajstić information content (AvgIpc) is 2.98. The molecule has 0 fully saturated rings. The van der Waals surface area contributed by atoms with Crippen LogP contribution in [0.2, 0.25) is 0 Å². The van der Waals surface area contributed by atoms with Gasteiger partial charge < -0.3 is 4.52 Å². The lowest BCUT2D eigenvalue weighted by Crippen LogP contribution is -1.90. The topological polar surface area (TPSA) is 75.6 Å². The first-order chi connectivity index (χ1) is 10.3. The molecule has 0 radical (unpaired) electrons. The van der Waals surface area contributed by atoms with Crippen molar-refractivity contribution in [2.24, 2.45) is 0 Å². The third-order valence-corrected chi connectivity index (χ3v) is 3.16. The van der Waals surface area contributed by atoms with Gasteiger partial charge in [0, 0.05) is 11.8 Å². The van der Waals surface area contributed by atoms with Gasteiger partial charge in [0.15, 0.2) is 0 Å². The van der Waals surface area contributed by atoms with Crippen LogP contribution in [0.5, 0.6) is 0 Å². The van der Waals surface area contributed by atoms with E-state index in [9.17, 15) is 0 Å². The van der Waals surface area contributed by atoms with Crippen LogP contribution >= 0.6 is 0 Å². The molecule has 3 aromatic rings. The Kier molecular flexibility index (Phi) is 3.44. The third-order valence-electron chi connectivity index (χ3n) is 3.16. The number of aryl methyl sites for hydroxylation is 1. The number of rotatable bonds is 3. The Hall–Kier alpha value is -3.00. The molecule has 0 saturated heterocycles. The first-order valence-electron chi connectivity index (χ1n) is 6.50. The predicted molar refractivity (Wildman–Crippen MR) is 77.0 cm³/mol. The molecule has 102 valence electrons. The highest BCUT2D eigenvalue weighted by Gasteiger charge is 2.15. The summed E-state index contributed by atoms with van der Waals surface area (Å²) in [6.45, 7) is 1.95. The SMILES string of the molecule is Cc1cccnc1-c1noc(-c2ccccc2CC#N)n1. The van der Waals surface area contributed by atoms with Gasteiger partial charge in [0.2, 0.25) is 5.82 Å². The van der Waals surface area contributed by atoms with Gasteiger partial charge in [0.25, 0.3) is 5.89 Å². The van der Waals surface area contributed by atoms with Gasteiger partial charge in [0.05, 0.1) is 12.5 Å². The molecular formula is C16H12N4O. The number of aromatic nitrogens is 3. The average molecular weight is 276 g/mol. The number of hydrogen-bond acceptors (Lipinski definition) is 5. The van der Waals surface area contributed by atoms with Gasteiger partial charge in [-0.15, -0.1) is 0 Å². The molecule has 21 heavy (non-hydrogen) atoms. The van der Waals surface area contributed by atoms with Crippen molar-refractivity contribution < 1.29 is 4.52 Å². The maximum Gasteiger partial charge on any atom is 0.258 e. The fourth-order valence-corrected chi connectivity index (χ4v) is 2.12. The maximum absolute atomic E-state index is 8.88. The predicted octanol–water partition coefficient (Wildman–Crippen LogP) is 3.17. The summed E-state index contributed by atoms with van der Waals surface area (Å²) in [5, 5.41) is 12.9. The second-order valence-electron chi connectivity index (χ2n) is 4.58. The summed E-state index contributed by atoms with van der Waals surface area (Å²) >= 11 is 0. The maximum atomic E-state index is 8.88. The monoisotopic (exact) mass is 276 g/mol. The molecule has 0 bridgehead atoms. The van der Waals surface area contributed by atoms with E-state index < -0.39 is 0 Å². The molecule has 5 nitrogen and oxygen atoms in total. The second kappa shape index (κ2) is 5.55. The molecule has 1 aromatic carbocycles. The van der Waals surface area contributed by atoms with Gasteiger partial charge in [-0.3, -0.25) is 4.98 Å². The molecule has 0 spiro atoms. The molecule has 0 aliphatic heterocycles. The minimum absolute atomic E-state index is 0.302. The van der Waals surface area contributed by atoms with Crippen LogP contribution < -0.4 is 0 Å². The van der Waals surface area contributed by atoms with Crippen molar-refractivity contribution in [3.8, 4) is 29.0 Å². The number of hydrogen-bond donors (Lipinski definition) is 0. The Morgan fingerprint density at radius 1 is 1.19 bits per heavy atom. The molecule has 3 rings (SSSR count). The highest BCUT2D eigenvalue weighted by molar-refractivity contribution is 5.62. The Morgan fingerprint density at radius 3 is 2.86 bits per heavy atom. The largest absolute Gasteiger partial charge is 0.334 e. The first-order valence-corrected chi connectivity index (χ1v) is 6.50. The second-order valence-corrected chi connectivity index (χ2v) is 4.58. The summed E-state index contributed by atoms with van der Waals surface area (Å²) in [4.78, 5) is 8.68. The first kappa shape index (κ1) is 13.0. The Labute approximate surface area is 121 Å². The highest BCUT2D eigenvalue weighted by Crippen LogP contribution is 2.25. The van der Waals surface area contributed by atoms with E-state index in [1.54, 1.807) is 6.20 Å². The van der Waals surface area contributed by atoms with Gasteiger partial charge in [-0.25, -0.2) is 0 Å². The van der Waals surface area contributed by atoms with Crippen molar-refractivity contribution >= 4 is 0 Å². The fraction of sp³-hybridized carbons (Fsp3) is 0.125. The van der Waals surface area contributed by atoms with Gasteiger partial charge in [-0.2, -0.15) is 10.2 Å². The summed E-state index contributed by atoms with van der Waals surface area (Å²) < 4.78 is 5.34. The van der Waals surface area contributed by atoms with Gasteiger partial charge in [0.1, 0.15) is 5.69 Å². The lowest BCUT2D eigenvalue weighted by atomic mass is 10.1. The smallest absolute Gasteiger partial charge is 0.258 e. The summed E-state index contributed by atoms with van der Waals surface area (Å²) in [5.41, 5.74) is 3.33. The van der Waals surface area contributed by atoms with E-state index in [0.717, 1.165) is 16.7 Å². The van der Waals surface area contributed by atoms with Crippen LogP contribution in [0.3, 0.4) is 0 Å². The molecular weight excluding hydrogens is 264 g/mol. The summed E-state index contributed by atoms with van der Waals surface area (Å²) in [6, 6.07) is 13.5. The van der Waals surface area contributed by atoms with Crippen molar-refractivity contribution in [2.45, 2.75) is 13.3 Å². The molecule has 0 amide bonds. The molecule has 0 saturated carbocycles. The van der Waals surface area contributed by atoms with E-state index >= 15 is 0 Å². The fourth-order valence-electron chi connectivity index (χ4n) is 2.12. The van der Waals surface area contributed by atoms with E-state index in [-0.39, 0.29) is 0 Å². The lowest BCUT2D eigenvalue weighted by molar-refractivity contribution is 0.432. The third kappa shape index (κ3) is 2.51. The lowest BCUT2D eigenvalue weighted by Gasteiger charge is -2.00. The standard InChI is InChI=1S/C16H12N4O/c1-11-5-4-10-18-14(11)15-19-16(21-20-15)13-7-3-2-6-12(13)8-9-17/h2-7,10H,8H2,1H3. The van der Waals surface area contributed by atoms with Crippen molar-refractivity contribution in [3.05, 3.63) is 53.7 Å². The van der Waals surface area contributed by atoms with Gasteiger partial charge >= 0.3 is 0 Å². The van der Waals surface area contributed by atoms with E-state index in [1.807, 2.05) is 43.3 Å². The quantitative estimate of drug-likeness (QED) is 0.734. The molecule has 2 heterocycles. The number of nitriles is 1. The number of nitrogens with zero attached hydrogens (tertiary/aromatic N) is 4. The number of benzene rings is 1. The minimum Gasteiger partial charge on any atom is -0.334 e. The Morgan fingerprint density at radius 2 is 2.05 bits per heavy atom. The van der Waals surface area contributed by atoms with Crippen molar-refractivity contribution in [2.75, 3.05) is 0 Å². The van der Waals surface area contributed by atoms with Crippen LogP contribution in [-0.4, -0.2) is 15.1 Å². The zero-order valence-electron chi connectivity index (χ0n) is 11.4. The Bertz CT molecular complexity index is 817. The minimum atomic E-state index is 0.302. The van der Waals surface area contributed by atoms with E-state index in [2.05, 4.69) is 21.2 Å². The zero-order valence-corrected chi connectivity index (χ0v) is 11.4. The Balaban J connectivity index is 2.04. The van der Waals surface area contributed by atoms with E-state index in [1.165, 1.54) is 0 Å². The zero-order chi connectivity index (χ0) is 14.7. The van der Waals surface area contributed by atoms with Gasteiger partial charge in [-0.1, -0.05) is 29.4 Å². The van der Waals surface area contributed by atoms with Crippen molar-refractivity contribution in [3.63, 3.8) is 0 Å². The molecule has 0 N–H and O–H groups in total. The molecule has 0 aliphatic rings. The van der Waals surface area contributed by atoms with E-state index in [4.69, 9.17) is 9.78 Å². The molecule has 2 aromatic heterocycles. The van der Waals surface area contributed by atoms with Crippen LogP contribution in [0.4, 0.5) is 0 Å². The van der Waals surface area contributed by atoms with Crippen LogP contribution in [0.25, 0.3) is 23.0 Å². The molecule has 0 atom stereocenters. The van der Waals surface area contributed by atoms with Gasteiger partial charge in [-0.05, 0) is 30.2 Å². The van der Waals surface area contributed by atoms with Crippen LogP contribution in [0.15, 0.2) is 47.1 Å².